The monoisotopic (exact) mass is 283 g/mol. The first kappa shape index (κ1) is 14.8. The van der Waals surface area contributed by atoms with Gasteiger partial charge in [0.05, 0.1) is 13.3 Å². The molecule has 0 aliphatic carbocycles. The summed E-state index contributed by atoms with van der Waals surface area (Å²) in [6, 6.07) is 9.17. The van der Waals surface area contributed by atoms with Crippen LogP contribution in [-0.4, -0.2) is 17.3 Å². The van der Waals surface area contributed by atoms with Gasteiger partial charge in [0.1, 0.15) is 23.1 Å². The van der Waals surface area contributed by atoms with Crippen molar-refractivity contribution in [3.63, 3.8) is 0 Å². The molecule has 0 fully saturated rings. The molecule has 0 unspecified atom stereocenters. The maximum atomic E-state index is 9.09. The summed E-state index contributed by atoms with van der Waals surface area (Å²) >= 11 is 0. The molecule has 0 N–H and O–H groups in total. The van der Waals surface area contributed by atoms with Gasteiger partial charge in [0.2, 0.25) is 0 Å². The highest BCUT2D eigenvalue weighted by molar-refractivity contribution is 5.47. The summed E-state index contributed by atoms with van der Waals surface area (Å²) in [5.74, 6) is 1.60. The van der Waals surface area contributed by atoms with Crippen LogP contribution in [0.2, 0.25) is 0 Å². The lowest BCUT2D eigenvalue weighted by Gasteiger charge is -2.23. The Labute approximate surface area is 124 Å². The van der Waals surface area contributed by atoms with Gasteiger partial charge in [-0.15, -0.1) is 5.10 Å². The standard InChI is InChI=1S/C16H17N3O2/c1-16(2,3)13-9-12(20-4)5-6-14(13)21-15-11(10-17)7-8-18-19-15/h5-9H,1-4H3. The summed E-state index contributed by atoms with van der Waals surface area (Å²) in [4.78, 5) is 0. The maximum absolute atomic E-state index is 9.09. The van der Waals surface area contributed by atoms with E-state index in [4.69, 9.17) is 14.7 Å². The number of rotatable bonds is 3. The molecule has 0 atom stereocenters. The molecule has 1 aromatic heterocycles. The summed E-state index contributed by atoms with van der Waals surface area (Å²) < 4.78 is 11.1. The van der Waals surface area contributed by atoms with E-state index in [0.717, 1.165) is 11.3 Å². The van der Waals surface area contributed by atoms with Crippen molar-refractivity contribution < 1.29 is 9.47 Å². The number of methoxy groups -OCH3 is 1. The number of ether oxygens (including phenoxy) is 2. The van der Waals surface area contributed by atoms with Crippen molar-refractivity contribution in [3.05, 3.63) is 41.6 Å². The fourth-order valence-electron chi connectivity index (χ4n) is 1.89. The quantitative estimate of drug-likeness (QED) is 0.863. The van der Waals surface area contributed by atoms with Crippen molar-refractivity contribution in [3.8, 4) is 23.4 Å². The zero-order valence-electron chi connectivity index (χ0n) is 12.5. The van der Waals surface area contributed by atoms with Gasteiger partial charge in [0.15, 0.2) is 0 Å². The number of nitrogens with zero attached hydrogens (tertiary/aromatic N) is 3. The second kappa shape index (κ2) is 5.80. The van der Waals surface area contributed by atoms with Gasteiger partial charge < -0.3 is 9.47 Å². The highest BCUT2D eigenvalue weighted by atomic mass is 16.5. The Morgan fingerprint density at radius 3 is 2.57 bits per heavy atom. The average Bonchev–Trinajstić information content (AvgIpc) is 2.47. The number of hydrogen-bond donors (Lipinski definition) is 0. The van der Waals surface area contributed by atoms with Gasteiger partial charge in [-0.2, -0.15) is 10.4 Å². The van der Waals surface area contributed by atoms with Crippen LogP contribution in [0, 0.1) is 11.3 Å². The van der Waals surface area contributed by atoms with Gasteiger partial charge >= 0.3 is 0 Å². The van der Waals surface area contributed by atoms with Crippen LogP contribution in [0.3, 0.4) is 0 Å². The maximum Gasteiger partial charge on any atom is 0.256 e. The predicted octanol–water partition coefficient (Wildman–Crippen LogP) is 3.45. The molecule has 0 spiro atoms. The van der Waals surface area contributed by atoms with Crippen LogP contribution in [0.15, 0.2) is 30.5 Å². The van der Waals surface area contributed by atoms with E-state index in [-0.39, 0.29) is 11.3 Å². The molecular weight excluding hydrogens is 266 g/mol. The third kappa shape index (κ3) is 3.29. The van der Waals surface area contributed by atoms with Crippen molar-refractivity contribution in [1.29, 1.82) is 5.26 Å². The van der Waals surface area contributed by atoms with E-state index < -0.39 is 0 Å². The second-order valence-electron chi connectivity index (χ2n) is 5.58. The molecule has 5 heteroatoms. The first-order chi connectivity index (χ1) is 9.95. The molecule has 2 aromatic rings. The summed E-state index contributed by atoms with van der Waals surface area (Å²) in [6.45, 7) is 6.24. The number of aromatic nitrogens is 2. The van der Waals surface area contributed by atoms with E-state index in [2.05, 4.69) is 31.0 Å². The van der Waals surface area contributed by atoms with Gasteiger partial charge in [0.25, 0.3) is 5.88 Å². The summed E-state index contributed by atoms with van der Waals surface area (Å²) in [5, 5.41) is 16.7. The molecule has 1 aromatic carbocycles. The highest BCUT2D eigenvalue weighted by Gasteiger charge is 2.21. The lowest BCUT2D eigenvalue weighted by Crippen LogP contribution is -2.13. The number of nitriles is 1. The molecule has 0 amide bonds. The van der Waals surface area contributed by atoms with Crippen LogP contribution in [-0.2, 0) is 5.41 Å². The van der Waals surface area contributed by atoms with Gasteiger partial charge in [-0.25, -0.2) is 0 Å². The van der Waals surface area contributed by atoms with Crippen LogP contribution < -0.4 is 9.47 Å². The topological polar surface area (TPSA) is 68.0 Å². The molecule has 0 aliphatic rings. The van der Waals surface area contributed by atoms with E-state index in [1.807, 2.05) is 24.3 Å². The van der Waals surface area contributed by atoms with Crippen LogP contribution in [0.5, 0.6) is 17.4 Å². The predicted molar refractivity (Wildman–Crippen MR) is 78.5 cm³/mol. The summed E-state index contributed by atoms with van der Waals surface area (Å²) in [6.07, 6.45) is 1.46. The largest absolute Gasteiger partial charge is 0.497 e. The zero-order valence-corrected chi connectivity index (χ0v) is 12.5. The Bertz CT molecular complexity index is 685. The molecule has 0 saturated carbocycles. The van der Waals surface area contributed by atoms with Crippen LogP contribution in [0.1, 0.15) is 31.9 Å². The fraction of sp³-hybridized carbons (Fsp3) is 0.312. The Hall–Kier alpha value is -2.61. The molecule has 21 heavy (non-hydrogen) atoms. The van der Waals surface area contributed by atoms with E-state index in [0.29, 0.717) is 11.3 Å². The average molecular weight is 283 g/mol. The van der Waals surface area contributed by atoms with Gasteiger partial charge in [-0.05, 0) is 29.7 Å². The van der Waals surface area contributed by atoms with Crippen molar-refractivity contribution in [2.75, 3.05) is 7.11 Å². The van der Waals surface area contributed by atoms with Crippen LogP contribution in [0.4, 0.5) is 0 Å². The van der Waals surface area contributed by atoms with Gasteiger partial charge in [-0.1, -0.05) is 20.8 Å². The lowest BCUT2D eigenvalue weighted by molar-refractivity contribution is 0.404. The molecule has 2 rings (SSSR count). The molecule has 5 nitrogen and oxygen atoms in total. The first-order valence-corrected chi connectivity index (χ1v) is 6.54. The summed E-state index contributed by atoms with van der Waals surface area (Å²) in [7, 11) is 1.62. The van der Waals surface area contributed by atoms with Gasteiger partial charge in [-0.3, -0.25) is 0 Å². The highest BCUT2D eigenvalue weighted by Crippen LogP contribution is 2.36. The lowest BCUT2D eigenvalue weighted by atomic mass is 9.86. The normalized spacial score (nSPS) is 10.8. The molecule has 1 heterocycles. The van der Waals surface area contributed by atoms with Crippen molar-refractivity contribution >= 4 is 0 Å². The minimum atomic E-state index is -0.140. The molecule has 0 bridgehead atoms. The van der Waals surface area contributed by atoms with Crippen LogP contribution in [0.25, 0.3) is 0 Å². The van der Waals surface area contributed by atoms with E-state index in [1.54, 1.807) is 13.2 Å². The Morgan fingerprint density at radius 2 is 1.95 bits per heavy atom. The SMILES string of the molecule is COc1ccc(Oc2nnccc2C#N)c(C(C)(C)C)c1. The molecule has 108 valence electrons. The Kier molecular flexibility index (Phi) is 4.08. The third-order valence-corrected chi connectivity index (χ3v) is 3.01. The van der Waals surface area contributed by atoms with Crippen molar-refractivity contribution in [2.45, 2.75) is 26.2 Å². The second-order valence-corrected chi connectivity index (χ2v) is 5.58. The molecule has 0 radical (unpaired) electrons. The van der Waals surface area contributed by atoms with E-state index in [9.17, 15) is 0 Å². The Morgan fingerprint density at radius 1 is 1.19 bits per heavy atom. The smallest absolute Gasteiger partial charge is 0.256 e. The minimum Gasteiger partial charge on any atom is -0.497 e. The van der Waals surface area contributed by atoms with E-state index >= 15 is 0 Å². The third-order valence-electron chi connectivity index (χ3n) is 3.01. The van der Waals surface area contributed by atoms with E-state index in [1.165, 1.54) is 6.20 Å². The minimum absolute atomic E-state index is 0.140. The number of benzene rings is 1. The van der Waals surface area contributed by atoms with Crippen LogP contribution >= 0.6 is 0 Å². The summed E-state index contributed by atoms with van der Waals surface area (Å²) in [5.41, 5.74) is 1.18. The van der Waals surface area contributed by atoms with Crippen molar-refractivity contribution in [2.24, 2.45) is 0 Å². The molecule has 0 aliphatic heterocycles. The van der Waals surface area contributed by atoms with Gasteiger partial charge in [0, 0.05) is 5.56 Å². The zero-order chi connectivity index (χ0) is 15.5. The fourth-order valence-corrected chi connectivity index (χ4v) is 1.89. The number of hydrogen-bond acceptors (Lipinski definition) is 5. The van der Waals surface area contributed by atoms with Crippen molar-refractivity contribution in [1.82, 2.24) is 10.2 Å². The molecular formula is C16H17N3O2. The Balaban J connectivity index is 2.47. The first-order valence-electron chi connectivity index (χ1n) is 6.54. The molecule has 0 saturated heterocycles.